The van der Waals surface area contributed by atoms with Crippen LogP contribution in [0.1, 0.15) is 18.1 Å². The van der Waals surface area contributed by atoms with Gasteiger partial charge in [0.15, 0.2) is 0 Å². The summed E-state index contributed by atoms with van der Waals surface area (Å²) in [6, 6.07) is 14.4. The SMILES string of the molecule is C=C(OCC)/C(=C\Nc1cccc(N(C)C)c1)c1cccc(Br)c1C. The average Bonchev–Trinajstić information content (AvgIpc) is 2.59. The Morgan fingerprint density at radius 3 is 2.64 bits per heavy atom. The fraction of sp³-hybridized carbons (Fsp3) is 0.238. The summed E-state index contributed by atoms with van der Waals surface area (Å²) < 4.78 is 6.74. The lowest BCUT2D eigenvalue weighted by Crippen LogP contribution is -2.08. The molecule has 0 amide bonds. The Bertz CT molecular complexity index is 781. The average molecular weight is 401 g/mol. The fourth-order valence-electron chi connectivity index (χ4n) is 2.49. The first kappa shape index (κ1) is 19.1. The predicted octanol–water partition coefficient (Wildman–Crippen LogP) is 5.83. The van der Waals surface area contributed by atoms with E-state index in [-0.39, 0.29) is 0 Å². The molecule has 0 saturated heterocycles. The summed E-state index contributed by atoms with van der Waals surface area (Å²) in [5.74, 6) is 0.653. The summed E-state index contributed by atoms with van der Waals surface area (Å²) in [5, 5.41) is 3.38. The van der Waals surface area contributed by atoms with E-state index in [1.165, 1.54) is 0 Å². The minimum absolute atomic E-state index is 0.583. The Morgan fingerprint density at radius 1 is 1.24 bits per heavy atom. The highest BCUT2D eigenvalue weighted by Gasteiger charge is 2.12. The number of rotatable bonds is 7. The highest BCUT2D eigenvalue weighted by molar-refractivity contribution is 9.10. The highest BCUT2D eigenvalue weighted by Crippen LogP contribution is 2.30. The molecule has 0 aliphatic rings. The van der Waals surface area contributed by atoms with Crippen LogP contribution in [0.3, 0.4) is 0 Å². The number of benzene rings is 2. The monoisotopic (exact) mass is 400 g/mol. The Balaban J connectivity index is 2.39. The molecule has 132 valence electrons. The zero-order chi connectivity index (χ0) is 18.4. The van der Waals surface area contributed by atoms with Crippen LogP contribution in [0.15, 0.2) is 65.5 Å². The molecule has 0 spiro atoms. The molecule has 0 fully saturated rings. The second-order valence-electron chi connectivity index (χ2n) is 5.92. The molecule has 0 bridgehead atoms. The predicted molar refractivity (Wildman–Crippen MR) is 112 cm³/mol. The van der Waals surface area contributed by atoms with Crippen LogP contribution in [0.4, 0.5) is 11.4 Å². The second kappa shape index (κ2) is 8.77. The number of anilines is 2. The van der Waals surface area contributed by atoms with Crippen molar-refractivity contribution in [3.63, 3.8) is 0 Å². The van der Waals surface area contributed by atoms with Crippen molar-refractivity contribution in [1.82, 2.24) is 0 Å². The third kappa shape index (κ3) is 4.89. The number of ether oxygens (including phenoxy) is 1. The van der Waals surface area contributed by atoms with Gasteiger partial charge >= 0.3 is 0 Å². The van der Waals surface area contributed by atoms with E-state index in [0.717, 1.165) is 32.5 Å². The molecule has 1 N–H and O–H groups in total. The van der Waals surface area contributed by atoms with Crippen molar-refractivity contribution in [2.24, 2.45) is 0 Å². The van der Waals surface area contributed by atoms with Gasteiger partial charge < -0.3 is 15.0 Å². The molecule has 0 aliphatic carbocycles. The topological polar surface area (TPSA) is 24.5 Å². The third-order valence-electron chi connectivity index (χ3n) is 3.92. The lowest BCUT2D eigenvalue weighted by atomic mass is 10.00. The molecule has 2 aromatic carbocycles. The van der Waals surface area contributed by atoms with Crippen LogP contribution < -0.4 is 10.2 Å². The first-order valence-electron chi connectivity index (χ1n) is 8.25. The Morgan fingerprint density at radius 2 is 1.96 bits per heavy atom. The van der Waals surface area contributed by atoms with E-state index in [4.69, 9.17) is 4.74 Å². The summed E-state index contributed by atoms with van der Waals surface area (Å²) in [7, 11) is 4.06. The van der Waals surface area contributed by atoms with Crippen molar-refractivity contribution in [3.05, 3.63) is 76.6 Å². The number of halogens is 1. The van der Waals surface area contributed by atoms with E-state index in [1.54, 1.807) is 0 Å². The molecule has 0 heterocycles. The highest BCUT2D eigenvalue weighted by atomic mass is 79.9. The summed E-state index contributed by atoms with van der Waals surface area (Å²) in [6.45, 7) is 8.72. The summed E-state index contributed by atoms with van der Waals surface area (Å²) >= 11 is 3.60. The molecule has 0 unspecified atom stereocenters. The lowest BCUT2D eigenvalue weighted by molar-refractivity contribution is 0.247. The molecular formula is C21H25BrN2O. The number of nitrogens with zero attached hydrogens (tertiary/aromatic N) is 1. The molecule has 2 rings (SSSR count). The van der Waals surface area contributed by atoms with E-state index in [2.05, 4.69) is 57.8 Å². The van der Waals surface area contributed by atoms with Gasteiger partial charge in [-0.2, -0.15) is 0 Å². The molecular weight excluding hydrogens is 376 g/mol. The van der Waals surface area contributed by atoms with E-state index in [1.807, 2.05) is 51.5 Å². The van der Waals surface area contributed by atoms with Crippen LogP contribution in [0.2, 0.25) is 0 Å². The van der Waals surface area contributed by atoms with Gasteiger partial charge in [0, 0.05) is 41.7 Å². The third-order valence-corrected chi connectivity index (χ3v) is 4.78. The van der Waals surface area contributed by atoms with Gasteiger partial charge in [-0.25, -0.2) is 0 Å². The summed E-state index contributed by atoms with van der Waals surface area (Å²) in [4.78, 5) is 2.08. The zero-order valence-electron chi connectivity index (χ0n) is 15.3. The largest absolute Gasteiger partial charge is 0.494 e. The Labute approximate surface area is 159 Å². The number of allylic oxidation sites excluding steroid dienone is 1. The van der Waals surface area contributed by atoms with Crippen molar-refractivity contribution < 1.29 is 4.74 Å². The van der Waals surface area contributed by atoms with Crippen LogP contribution in [0.25, 0.3) is 5.57 Å². The summed E-state index contributed by atoms with van der Waals surface area (Å²) in [6.07, 6.45) is 1.96. The number of hydrogen-bond acceptors (Lipinski definition) is 3. The molecule has 0 aliphatic heterocycles. The van der Waals surface area contributed by atoms with Crippen LogP contribution in [-0.4, -0.2) is 20.7 Å². The van der Waals surface area contributed by atoms with Crippen molar-refractivity contribution in [1.29, 1.82) is 0 Å². The fourth-order valence-corrected chi connectivity index (χ4v) is 2.86. The molecule has 2 aromatic rings. The quantitative estimate of drug-likeness (QED) is 0.467. The van der Waals surface area contributed by atoms with Crippen LogP contribution in [0, 0.1) is 6.92 Å². The maximum atomic E-state index is 5.68. The normalized spacial score (nSPS) is 11.2. The minimum Gasteiger partial charge on any atom is -0.494 e. The van der Waals surface area contributed by atoms with Crippen molar-refractivity contribution in [2.45, 2.75) is 13.8 Å². The minimum atomic E-state index is 0.583. The van der Waals surface area contributed by atoms with E-state index < -0.39 is 0 Å². The van der Waals surface area contributed by atoms with Crippen LogP contribution >= 0.6 is 15.9 Å². The molecule has 25 heavy (non-hydrogen) atoms. The summed E-state index contributed by atoms with van der Waals surface area (Å²) in [5.41, 5.74) is 5.33. The maximum Gasteiger partial charge on any atom is 0.121 e. The smallest absolute Gasteiger partial charge is 0.121 e. The van der Waals surface area contributed by atoms with Gasteiger partial charge in [0.25, 0.3) is 0 Å². The molecule has 0 aromatic heterocycles. The van der Waals surface area contributed by atoms with Gasteiger partial charge in [0.05, 0.1) is 6.61 Å². The van der Waals surface area contributed by atoms with E-state index >= 15 is 0 Å². The van der Waals surface area contributed by atoms with Crippen molar-refractivity contribution in [3.8, 4) is 0 Å². The Kier molecular flexibility index (Phi) is 6.71. The van der Waals surface area contributed by atoms with Gasteiger partial charge in [-0.1, -0.05) is 40.7 Å². The zero-order valence-corrected chi connectivity index (χ0v) is 16.9. The lowest BCUT2D eigenvalue weighted by Gasteiger charge is -2.16. The molecule has 0 radical (unpaired) electrons. The van der Waals surface area contributed by atoms with Crippen molar-refractivity contribution >= 4 is 32.9 Å². The van der Waals surface area contributed by atoms with Gasteiger partial charge in [0.1, 0.15) is 5.76 Å². The number of nitrogens with one attached hydrogen (secondary N) is 1. The van der Waals surface area contributed by atoms with Crippen LogP contribution in [-0.2, 0) is 4.74 Å². The maximum absolute atomic E-state index is 5.68. The van der Waals surface area contributed by atoms with Gasteiger partial charge in [0.2, 0.25) is 0 Å². The standard InChI is InChI=1S/C21H25BrN2O/c1-6-25-16(3)20(19-11-8-12-21(22)15(19)2)14-23-17-9-7-10-18(13-17)24(4)5/h7-14,23H,3,6H2,1-2,4-5H3/b20-14+. The molecule has 4 heteroatoms. The first-order valence-corrected chi connectivity index (χ1v) is 9.05. The van der Waals surface area contributed by atoms with Crippen LogP contribution in [0.5, 0.6) is 0 Å². The molecule has 3 nitrogen and oxygen atoms in total. The number of hydrogen-bond donors (Lipinski definition) is 1. The van der Waals surface area contributed by atoms with Gasteiger partial charge in [-0.3, -0.25) is 0 Å². The van der Waals surface area contributed by atoms with E-state index in [0.29, 0.717) is 12.4 Å². The van der Waals surface area contributed by atoms with E-state index in [9.17, 15) is 0 Å². The first-order chi connectivity index (χ1) is 11.9. The molecule has 0 saturated carbocycles. The Hall–Kier alpha value is -2.20. The molecule has 0 atom stereocenters. The second-order valence-corrected chi connectivity index (χ2v) is 6.77. The van der Waals surface area contributed by atoms with Gasteiger partial charge in [-0.05, 0) is 49.2 Å². The van der Waals surface area contributed by atoms with Gasteiger partial charge in [-0.15, -0.1) is 0 Å². The van der Waals surface area contributed by atoms with Crippen molar-refractivity contribution in [2.75, 3.05) is 30.9 Å².